The fourth-order valence-corrected chi connectivity index (χ4v) is 4.79. The molecule has 0 atom stereocenters. The van der Waals surface area contributed by atoms with E-state index in [0.717, 1.165) is 45.8 Å². The van der Waals surface area contributed by atoms with Gasteiger partial charge in [-0.15, -0.1) is 10.2 Å². The number of hydrogen-bond donors (Lipinski definition) is 0. The van der Waals surface area contributed by atoms with Crippen LogP contribution in [0.5, 0.6) is 0 Å². The Kier molecular flexibility index (Phi) is 5.38. The van der Waals surface area contributed by atoms with Gasteiger partial charge in [-0.3, -0.25) is 0 Å². The van der Waals surface area contributed by atoms with E-state index in [1.54, 1.807) is 0 Å². The lowest BCUT2D eigenvalue weighted by Gasteiger charge is -2.15. The summed E-state index contributed by atoms with van der Waals surface area (Å²) in [6.07, 6.45) is -8.96. The minimum absolute atomic E-state index is 0.374. The molecule has 0 saturated carbocycles. The maximum absolute atomic E-state index is 13.2. The topological polar surface area (TPSA) is 25.8 Å². The Bertz CT molecular complexity index is 1820. The smallest absolute Gasteiger partial charge is 0.166 e. The Morgan fingerprint density at radius 1 is 0.421 bits per heavy atom. The third-order valence-electron chi connectivity index (χ3n) is 6.64. The summed E-state index contributed by atoms with van der Waals surface area (Å²) in [5.41, 5.74) is 0.0713. The van der Waals surface area contributed by atoms with Crippen LogP contribution < -0.4 is 0 Å². The first-order valence-electron chi connectivity index (χ1n) is 11.6. The average molecular weight is 518 g/mol. The molecule has 188 valence electrons. The van der Waals surface area contributed by atoms with Crippen molar-refractivity contribution >= 4 is 32.3 Å². The predicted molar refractivity (Wildman–Crippen MR) is 135 cm³/mol. The molecular weight excluding hydrogens is 502 g/mol. The number of nitrogens with zero attached hydrogens (tertiary/aromatic N) is 2. The third-order valence-corrected chi connectivity index (χ3v) is 6.64. The monoisotopic (exact) mass is 518 g/mol. The van der Waals surface area contributed by atoms with Crippen molar-refractivity contribution in [3.8, 4) is 22.5 Å². The van der Waals surface area contributed by atoms with Gasteiger partial charge in [0.15, 0.2) is 0 Å². The summed E-state index contributed by atoms with van der Waals surface area (Å²) in [5.74, 6) is 0. The van der Waals surface area contributed by atoms with Gasteiger partial charge in [0.05, 0.1) is 11.1 Å². The molecule has 0 aliphatic carbocycles. The summed E-state index contributed by atoms with van der Waals surface area (Å²) in [7, 11) is 0. The minimum Gasteiger partial charge on any atom is -0.166 e. The van der Waals surface area contributed by atoms with Crippen LogP contribution in [0.2, 0.25) is 0 Å². The van der Waals surface area contributed by atoms with Crippen LogP contribution in [0.25, 0.3) is 54.8 Å². The van der Waals surface area contributed by atoms with Crippen molar-refractivity contribution in [1.29, 1.82) is 0 Å². The second-order valence-corrected chi connectivity index (χ2v) is 8.92. The molecule has 2 nitrogen and oxygen atoms in total. The van der Waals surface area contributed by atoms with Crippen LogP contribution in [0.3, 0.4) is 0 Å². The second kappa shape index (κ2) is 8.55. The van der Waals surface area contributed by atoms with Crippen molar-refractivity contribution < 1.29 is 26.3 Å². The molecule has 0 radical (unpaired) electrons. The van der Waals surface area contributed by atoms with Gasteiger partial charge in [-0.05, 0) is 45.8 Å². The first kappa shape index (κ1) is 23.9. The number of fused-ring (bicyclic) bond motifs is 5. The Morgan fingerprint density at radius 3 is 1.53 bits per heavy atom. The molecule has 0 N–H and O–H groups in total. The molecule has 6 rings (SSSR count). The highest BCUT2D eigenvalue weighted by Gasteiger charge is 2.31. The molecule has 0 saturated heterocycles. The maximum Gasteiger partial charge on any atom is 0.416 e. The SMILES string of the molecule is FC(F)(F)c1ccc(-c2nnc(-c3ccc(C(F)(F)F)cc3)c3c2ccc2c4ccccc4ccc23)cc1. The molecule has 1 heterocycles. The highest BCUT2D eigenvalue weighted by Crippen LogP contribution is 2.40. The standard InChI is InChI=1S/C30H16F6N2/c31-29(32,33)20-10-5-18(6-11-20)27-25-16-15-23-22-4-2-1-3-17(22)9-14-24(23)26(25)28(38-37-27)19-7-12-21(13-8-19)30(34,35)36/h1-16H. The Hall–Kier alpha value is -4.46. The zero-order valence-corrected chi connectivity index (χ0v) is 19.4. The summed E-state index contributed by atoms with van der Waals surface area (Å²) < 4.78 is 78.9. The molecule has 5 aromatic carbocycles. The van der Waals surface area contributed by atoms with Gasteiger partial charge in [0.1, 0.15) is 11.4 Å². The van der Waals surface area contributed by atoms with Crippen molar-refractivity contribution in [3.63, 3.8) is 0 Å². The van der Waals surface area contributed by atoms with E-state index < -0.39 is 23.5 Å². The molecule has 0 amide bonds. The van der Waals surface area contributed by atoms with Crippen LogP contribution in [0.1, 0.15) is 11.1 Å². The van der Waals surface area contributed by atoms with E-state index in [4.69, 9.17) is 0 Å². The number of rotatable bonds is 2. The Balaban J connectivity index is 1.64. The average Bonchev–Trinajstić information content (AvgIpc) is 2.91. The quantitative estimate of drug-likeness (QED) is 0.169. The van der Waals surface area contributed by atoms with Crippen molar-refractivity contribution in [3.05, 3.63) is 108 Å². The van der Waals surface area contributed by atoms with Crippen LogP contribution in [-0.4, -0.2) is 10.2 Å². The summed E-state index contributed by atoms with van der Waals surface area (Å²) >= 11 is 0. The zero-order valence-electron chi connectivity index (χ0n) is 19.4. The van der Waals surface area contributed by atoms with E-state index in [2.05, 4.69) is 10.2 Å². The molecule has 0 bridgehead atoms. The Labute approximate surface area is 212 Å². The van der Waals surface area contributed by atoms with E-state index in [0.29, 0.717) is 33.3 Å². The van der Waals surface area contributed by atoms with Crippen molar-refractivity contribution in [2.24, 2.45) is 0 Å². The molecule has 0 aliphatic rings. The van der Waals surface area contributed by atoms with Gasteiger partial charge >= 0.3 is 12.4 Å². The maximum atomic E-state index is 13.2. The van der Waals surface area contributed by atoms with Gasteiger partial charge in [0.2, 0.25) is 0 Å². The van der Waals surface area contributed by atoms with Gasteiger partial charge < -0.3 is 0 Å². The molecule has 38 heavy (non-hydrogen) atoms. The van der Waals surface area contributed by atoms with E-state index in [1.165, 1.54) is 24.3 Å². The number of alkyl halides is 6. The van der Waals surface area contributed by atoms with E-state index >= 15 is 0 Å². The third kappa shape index (κ3) is 4.02. The highest BCUT2D eigenvalue weighted by molar-refractivity contribution is 6.22. The molecular formula is C30H16F6N2. The van der Waals surface area contributed by atoms with Gasteiger partial charge in [-0.1, -0.05) is 72.8 Å². The molecule has 0 aliphatic heterocycles. The lowest BCUT2D eigenvalue weighted by molar-refractivity contribution is -0.138. The Morgan fingerprint density at radius 2 is 0.921 bits per heavy atom. The fourth-order valence-electron chi connectivity index (χ4n) is 4.79. The van der Waals surface area contributed by atoms with Crippen LogP contribution in [0.4, 0.5) is 26.3 Å². The van der Waals surface area contributed by atoms with Crippen LogP contribution >= 0.6 is 0 Å². The molecule has 0 unspecified atom stereocenters. The number of halogens is 6. The minimum atomic E-state index is -4.48. The van der Waals surface area contributed by atoms with Crippen molar-refractivity contribution in [2.75, 3.05) is 0 Å². The van der Waals surface area contributed by atoms with Gasteiger partial charge in [-0.25, -0.2) is 0 Å². The van der Waals surface area contributed by atoms with Gasteiger partial charge in [0.25, 0.3) is 0 Å². The molecule has 8 heteroatoms. The summed E-state index contributed by atoms with van der Waals surface area (Å²) in [5, 5.41) is 13.7. The van der Waals surface area contributed by atoms with Crippen molar-refractivity contribution in [2.45, 2.75) is 12.4 Å². The van der Waals surface area contributed by atoms with Gasteiger partial charge in [0, 0.05) is 21.9 Å². The number of hydrogen-bond acceptors (Lipinski definition) is 2. The van der Waals surface area contributed by atoms with E-state index in [1.807, 2.05) is 48.5 Å². The summed E-state index contributed by atoms with van der Waals surface area (Å²) in [6.45, 7) is 0. The molecule has 6 aromatic rings. The van der Waals surface area contributed by atoms with Crippen LogP contribution in [0.15, 0.2) is 97.1 Å². The van der Waals surface area contributed by atoms with Crippen LogP contribution in [0, 0.1) is 0 Å². The first-order valence-corrected chi connectivity index (χ1v) is 11.6. The number of aromatic nitrogens is 2. The van der Waals surface area contributed by atoms with Crippen molar-refractivity contribution in [1.82, 2.24) is 10.2 Å². The summed E-state index contributed by atoms with van der Waals surface area (Å²) in [6, 6.07) is 24.8. The predicted octanol–water partition coefficient (Wildman–Crippen LogP) is 9.31. The first-order chi connectivity index (χ1) is 18.1. The molecule has 0 spiro atoms. The lowest BCUT2D eigenvalue weighted by atomic mass is 9.92. The molecule has 0 fully saturated rings. The zero-order chi connectivity index (χ0) is 26.7. The number of benzene rings is 5. The lowest BCUT2D eigenvalue weighted by Crippen LogP contribution is -2.04. The summed E-state index contributed by atoms with van der Waals surface area (Å²) in [4.78, 5) is 0. The highest BCUT2D eigenvalue weighted by atomic mass is 19.4. The van der Waals surface area contributed by atoms with Crippen LogP contribution in [-0.2, 0) is 12.4 Å². The normalized spacial score (nSPS) is 12.5. The van der Waals surface area contributed by atoms with Gasteiger partial charge in [-0.2, -0.15) is 26.3 Å². The largest absolute Gasteiger partial charge is 0.416 e. The second-order valence-electron chi connectivity index (χ2n) is 8.92. The van der Waals surface area contributed by atoms with E-state index in [9.17, 15) is 26.3 Å². The fraction of sp³-hybridized carbons (Fsp3) is 0.0667. The molecule has 1 aromatic heterocycles. The van der Waals surface area contributed by atoms with E-state index in [-0.39, 0.29) is 0 Å².